The maximum absolute atomic E-state index is 12.8. The number of benzene rings is 2. The zero-order chi connectivity index (χ0) is 18.5. The summed E-state index contributed by atoms with van der Waals surface area (Å²) in [6.07, 6.45) is 0. The number of hydrogen-bond acceptors (Lipinski definition) is 3. The molecule has 1 aromatic heterocycles. The van der Waals surface area contributed by atoms with Gasteiger partial charge in [0.1, 0.15) is 4.90 Å². The van der Waals surface area contributed by atoms with Gasteiger partial charge in [0.15, 0.2) is 0 Å². The Kier molecular flexibility index (Phi) is 4.17. The maximum Gasteiger partial charge on any atom is 0.328 e. The van der Waals surface area contributed by atoms with Crippen LogP contribution < -0.4 is 10.4 Å². The van der Waals surface area contributed by atoms with Crippen molar-refractivity contribution < 1.29 is 8.42 Å². The zero-order valence-corrected chi connectivity index (χ0v) is 15.9. The highest BCUT2D eigenvalue weighted by atomic mass is 35.5. The van der Waals surface area contributed by atoms with Gasteiger partial charge in [0, 0.05) is 19.8 Å². The van der Waals surface area contributed by atoms with E-state index >= 15 is 0 Å². The lowest BCUT2D eigenvalue weighted by Gasteiger charge is -2.11. The Hall–Kier alpha value is -2.25. The molecule has 25 heavy (non-hydrogen) atoms. The van der Waals surface area contributed by atoms with E-state index in [4.69, 9.17) is 11.6 Å². The fourth-order valence-electron chi connectivity index (χ4n) is 2.72. The van der Waals surface area contributed by atoms with E-state index in [1.807, 2.05) is 19.9 Å². The molecular weight excluding hydrogens is 362 g/mol. The minimum absolute atomic E-state index is 0.0602. The molecule has 0 atom stereocenters. The van der Waals surface area contributed by atoms with Crippen LogP contribution in [0, 0.1) is 13.8 Å². The average Bonchev–Trinajstić information content (AvgIpc) is 2.74. The van der Waals surface area contributed by atoms with Crippen LogP contribution in [0.2, 0.25) is 5.02 Å². The van der Waals surface area contributed by atoms with Gasteiger partial charge in [0.2, 0.25) is 0 Å². The van der Waals surface area contributed by atoms with Gasteiger partial charge in [-0.05, 0) is 49.2 Å². The molecular formula is C17H18ClN3O3S. The summed E-state index contributed by atoms with van der Waals surface area (Å²) < 4.78 is 30.9. The molecule has 0 aliphatic rings. The molecule has 132 valence electrons. The molecule has 1 N–H and O–H groups in total. The molecule has 0 radical (unpaired) electrons. The Labute approximate surface area is 150 Å². The zero-order valence-electron chi connectivity index (χ0n) is 14.3. The molecule has 0 saturated carbocycles. The monoisotopic (exact) mass is 379 g/mol. The fourth-order valence-corrected chi connectivity index (χ4v) is 4.31. The van der Waals surface area contributed by atoms with Crippen molar-refractivity contribution in [3.8, 4) is 0 Å². The maximum atomic E-state index is 12.8. The van der Waals surface area contributed by atoms with Crippen molar-refractivity contribution in [2.24, 2.45) is 14.1 Å². The minimum Gasteiger partial charge on any atom is -0.295 e. The van der Waals surface area contributed by atoms with Gasteiger partial charge >= 0.3 is 5.69 Å². The van der Waals surface area contributed by atoms with Crippen molar-refractivity contribution in [2.45, 2.75) is 18.7 Å². The van der Waals surface area contributed by atoms with Crippen LogP contribution in [0.1, 0.15) is 11.1 Å². The van der Waals surface area contributed by atoms with Gasteiger partial charge in [-0.2, -0.15) is 0 Å². The van der Waals surface area contributed by atoms with Crippen LogP contribution in [0.3, 0.4) is 0 Å². The third-order valence-electron chi connectivity index (χ3n) is 4.37. The summed E-state index contributed by atoms with van der Waals surface area (Å²) in [4.78, 5) is 12.0. The first-order chi connectivity index (χ1) is 11.6. The fraction of sp³-hybridized carbons (Fsp3) is 0.235. The number of halogens is 1. The molecule has 3 rings (SSSR count). The second-order valence-electron chi connectivity index (χ2n) is 6.08. The summed E-state index contributed by atoms with van der Waals surface area (Å²) in [5.41, 5.74) is 3.33. The lowest BCUT2D eigenvalue weighted by atomic mass is 10.1. The van der Waals surface area contributed by atoms with E-state index in [2.05, 4.69) is 4.72 Å². The van der Waals surface area contributed by atoms with Crippen molar-refractivity contribution in [1.29, 1.82) is 0 Å². The highest BCUT2D eigenvalue weighted by Crippen LogP contribution is 2.28. The molecule has 0 fully saturated rings. The van der Waals surface area contributed by atoms with Gasteiger partial charge < -0.3 is 0 Å². The molecule has 0 aliphatic carbocycles. The standard InChI is InChI=1S/C17H18ClN3O3S/c1-10-5-6-12(7-11(10)2)19-25(23,24)16-9-15-14(8-13(16)18)20(3)17(22)21(15)4/h5-9,19H,1-4H3. The van der Waals surface area contributed by atoms with E-state index in [-0.39, 0.29) is 15.6 Å². The van der Waals surface area contributed by atoms with Gasteiger partial charge in [-0.15, -0.1) is 0 Å². The SMILES string of the molecule is Cc1ccc(NS(=O)(=O)c2cc3c(cc2Cl)n(C)c(=O)n3C)cc1C. The second-order valence-corrected chi connectivity index (χ2v) is 8.13. The van der Waals surface area contributed by atoms with Gasteiger partial charge in [-0.1, -0.05) is 17.7 Å². The molecule has 0 unspecified atom stereocenters. The van der Waals surface area contributed by atoms with Crippen molar-refractivity contribution in [1.82, 2.24) is 9.13 Å². The Morgan fingerprint density at radius 1 is 0.960 bits per heavy atom. The summed E-state index contributed by atoms with van der Waals surface area (Å²) in [6, 6.07) is 8.22. The summed E-state index contributed by atoms with van der Waals surface area (Å²) in [7, 11) is -0.689. The number of sulfonamides is 1. The van der Waals surface area contributed by atoms with E-state index in [0.717, 1.165) is 11.1 Å². The Morgan fingerprint density at radius 2 is 1.56 bits per heavy atom. The van der Waals surface area contributed by atoms with Crippen molar-refractivity contribution in [3.05, 3.63) is 57.0 Å². The number of aryl methyl sites for hydroxylation is 4. The van der Waals surface area contributed by atoms with Crippen LogP contribution in [0.4, 0.5) is 5.69 Å². The highest BCUT2D eigenvalue weighted by Gasteiger charge is 2.21. The van der Waals surface area contributed by atoms with E-state index in [0.29, 0.717) is 16.7 Å². The molecule has 6 nitrogen and oxygen atoms in total. The topological polar surface area (TPSA) is 73.1 Å². The van der Waals surface area contributed by atoms with Gasteiger partial charge in [0.25, 0.3) is 10.0 Å². The summed E-state index contributed by atoms with van der Waals surface area (Å²) in [6.45, 7) is 3.86. The summed E-state index contributed by atoms with van der Waals surface area (Å²) in [5.74, 6) is 0. The number of nitrogens with one attached hydrogen (secondary N) is 1. The first-order valence-electron chi connectivity index (χ1n) is 7.57. The molecule has 0 amide bonds. The Bertz CT molecular complexity index is 1160. The van der Waals surface area contributed by atoms with Gasteiger partial charge in [-0.25, -0.2) is 13.2 Å². The average molecular weight is 380 g/mol. The van der Waals surface area contributed by atoms with Crippen molar-refractivity contribution >= 4 is 38.3 Å². The van der Waals surface area contributed by atoms with E-state index < -0.39 is 10.0 Å². The second kappa shape index (κ2) is 5.93. The number of anilines is 1. The van der Waals surface area contributed by atoms with Crippen LogP contribution in [-0.2, 0) is 24.1 Å². The molecule has 0 aliphatic heterocycles. The van der Waals surface area contributed by atoms with Gasteiger partial charge in [0.05, 0.1) is 16.1 Å². The van der Waals surface area contributed by atoms with Crippen LogP contribution in [-0.4, -0.2) is 17.6 Å². The smallest absolute Gasteiger partial charge is 0.295 e. The molecule has 3 aromatic rings. The molecule has 1 heterocycles. The van der Waals surface area contributed by atoms with E-state index in [1.165, 1.54) is 21.3 Å². The Morgan fingerprint density at radius 3 is 2.16 bits per heavy atom. The third-order valence-corrected chi connectivity index (χ3v) is 6.22. The molecule has 0 bridgehead atoms. The van der Waals surface area contributed by atoms with Crippen LogP contribution in [0.15, 0.2) is 40.0 Å². The molecule has 8 heteroatoms. The number of nitrogens with zero attached hydrogens (tertiary/aromatic N) is 2. The molecule has 0 saturated heterocycles. The quantitative estimate of drug-likeness (QED) is 0.760. The van der Waals surface area contributed by atoms with Crippen LogP contribution >= 0.6 is 11.6 Å². The van der Waals surface area contributed by atoms with Crippen molar-refractivity contribution in [3.63, 3.8) is 0 Å². The largest absolute Gasteiger partial charge is 0.328 e. The third kappa shape index (κ3) is 2.94. The summed E-state index contributed by atoms with van der Waals surface area (Å²) >= 11 is 6.20. The van der Waals surface area contributed by atoms with Crippen LogP contribution in [0.25, 0.3) is 11.0 Å². The van der Waals surface area contributed by atoms with Gasteiger partial charge in [-0.3, -0.25) is 13.9 Å². The normalized spacial score (nSPS) is 11.9. The minimum atomic E-state index is -3.89. The highest BCUT2D eigenvalue weighted by molar-refractivity contribution is 7.92. The predicted molar refractivity (Wildman–Crippen MR) is 99.9 cm³/mol. The Balaban J connectivity index is 2.13. The van der Waals surface area contributed by atoms with Crippen molar-refractivity contribution in [2.75, 3.05) is 4.72 Å². The predicted octanol–water partition coefficient (Wildman–Crippen LogP) is 2.95. The number of rotatable bonds is 3. The number of aromatic nitrogens is 2. The van der Waals surface area contributed by atoms with E-state index in [9.17, 15) is 13.2 Å². The first-order valence-corrected chi connectivity index (χ1v) is 9.43. The molecule has 0 spiro atoms. The summed E-state index contributed by atoms with van der Waals surface area (Å²) in [5, 5.41) is 0.0602. The first kappa shape index (κ1) is 17.6. The van der Waals surface area contributed by atoms with Crippen LogP contribution in [0.5, 0.6) is 0 Å². The number of hydrogen-bond donors (Lipinski definition) is 1. The molecule has 2 aromatic carbocycles. The number of imidazole rings is 1. The lowest BCUT2D eigenvalue weighted by Crippen LogP contribution is -2.19. The number of fused-ring (bicyclic) bond motifs is 1. The van der Waals surface area contributed by atoms with E-state index in [1.54, 1.807) is 26.2 Å². The lowest BCUT2D eigenvalue weighted by molar-refractivity contribution is 0.601.